The number of rotatable bonds is 8. The lowest BCUT2D eigenvalue weighted by Gasteiger charge is -2.20. The molecule has 0 aliphatic rings. The first kappa shape index (κ1) is 20.0. The summed E-state index contributed by atoms with van der Waals surface area (Å²) in [5, 5.41) is 2.93. The van der Waals surface area contributed by atoms with Gasteiger partial charge < -0.3 is 15.0 Å². The van der Waals surface area contributed by atoms with Crippen molar-refractivity contribution in [2.75, 3.05) is 34.3 Å². The molecule has 0 unspecified atom stereocenters. The summed E-state index contributed by atoms with van der Waals surface area (Å²) in [6.45, 7) is 4.17. The largest absolute Gasteiger partial charge is 0.497 e. The molecular weight excluding hydrogens is 352 g/mol. The van der Waals surface area contributed by atoms with Crippen LogP contribution in [0.5, 0.6) is 5.75 Å². The summed E-state index contributed by atoms with van der Waals surface area (Å²) in [5.41, 5.74) is 1.53. The number of hydrogen-bond donors (Lipinski definition) is 2. The van der Waals surface area contributed by atoms with Crippen molar-refractivity contribution in [2.45, 2.75) is 19.4 Å². The maximum atomic E-state index is 13.4. The summed E-state index contributed by atoms with van der Waals surface area (Å²) < 4.78 is 7.03. The third-order valence-electron chi connectivity index (χ3n) is 5.00. The zero-order chi connectivity index (χ0) is 20.1. The van der Waals surface area contributed by atoms with Crippen LogP contribution in [0.3, 0.4) is 0 Å². The second kappa shape index (κ2) is 8.99. The Morgan fingerprint density at radius 1 is 1.14 bits per heavy atom. The first-order valence-electron chi connectivity index (χ1n) is 9.83. The van der Waals surface area contributed by atoms with Crippen molar-refractivity contribution in [1.82, 2.24) is 9.55 Å². The van der Waals surface area contributed by atoms with Crippen molar-refractivity contribution in [1.29, 1.82) is 0 Å². The van der Waals surface area contributed by atoms with Crippen LogP contribution >= 0.6 is 0 Å². The van der Waals surface area contributed by atoms with E-state index in [4.69, 9.17) is 9.72 Å². The molecule has 1 heterocycles. The number of fused-ring (bicyclic) bond motifs is 1. The van der Waals surface area contributed by atoms with Crippen molar-refractivity contribution in [2.24, 2.45) is 0 Å². The molecule has 3 aromatic rings. The van der Waals surface area contributed by atoms with Crippen molar-refractivity contribution in [3.05, 3.63) is 64.7 Å². The second-order valence-electron chi connectivity index (χ2n) is 7.32. The molecule has 0 bridgehead atoms. The maximum absolute atomic E-state index is 13.4. The molecule has 3 rings (SSSR count). The fourth-order valence-electron chi connectivity index (χ4n) is 3.41. The van der Waals surface area contributed by atoms with Crippen LogP contribution in [0.1, 0.15) is 25.2 Å². The highest BCUT2D eigenvalue weighted by molar-refractivity contribution is 5.77. The van der Waals surface area contributed by atoms with Gasteiger partial charge >= 0.3 is 0 Å². The molecule has 1 atom stereocenters. The average Bonchev–Trinajstić information content (AvgIpc) is 2.71. The minimum absolute atomic E-state index is 0.0316. The minimum atomic E-state index is -0.0316. The third kappa shape index (κ3) is 4.24. The quantitative estimate of drug-likeness (QED) is 0.598. The van der Waals surface area contributed by atoms with Gasteiger partial charge in [0, 0.05) is 6.42 Å². The van der Waals surface area contributed by atoms with Crippen LogP contribution in [0, 0.1) is 0 Å². The number of para-hydroxylation sites is 1. The number of benzene rings is 2. The Balaban J connectivity index is 2.14. The molecule has 28 heavy (non-hydrogen) atoms. The maximum Gasteiger partial charge on any atom is 0.266 e. The van der Waals surface area contributed by atoms with E-state index in [1.165, 1.54) is 4.90 Å². The van der Waals surface area contributed by atoms with E-state index in [-0.39, 0.29) is 11.6 Å². The summed E-state index contributed by atoms with van der Waals surface area (Å²) in [6, 6.07) is 15.3. The SMILES string of the molecule is CC[C@H]([NH2+]CC[NH+](C)C)c1nc2ccccc2c(=O)n1-c1ccc(OC)cc1. The second-order valence-corrected chi connectivity index (χ2v) is 7.32. The molecule has 2 aromatic carbocycles. The normalized spacial score (nSPS) is 12.5. The highest BCUT2D eigenvalue weighted by Crippen LogP contribution is 2.20. The number of ether oxygens (including phenoxy) is 1. The van der Waals surface area contributed by atoms with E-state index in [0.29, 0.717) is 5.39 Å². The van der Waals surface area contributed by atoms with E-state index in [2.05, 4.69) is 26.3 Å². The van der Waals surface area contributed by atoms with Crippen LogP contribution in [-0.2, 0) is 0 Å². The number of nitrogens with two attached hydrogens (primary N) is 1. The molecule has 0 spiro atoms. The Kier molecular flexibility index (Phi) is 6.44. The Bertz CT molecular complexity index is 980. The Morgan fingerprint density at radius 2 is 1.86 bits per heavy atom. The number of nitrogens with zero attached hydrogens (tertiary/aromatic N) is 2. The molecule has 0 radical (unpaired) electrons. The Labute approximate surface area is 165 Å². The van der Waals surface area contributed by atoms with Crippen molar-refractivity contribution < 1.29 is 15.0 Å². The first-order chi connectivity index (χ1) is 13.5. The monoisotopic (exact) mass is 382 g/mol. The molecule has 0 saturated carbocycles. The predicted molar refractivity (Wildman–Crippen MR) is 111 cm³/mol. The number of hydrogen-bond acceptors (Lipinski definition) is 3. The Hall–Kier alpha value is -2.70. The van der Waals surface area contributed by atoms with Gasteiger partial charge in [-0.1, -0.05) is 19.1 Å². The van der Waals surface area contributed by atoms with Gasteiger partial charge in [-0.05, 0) is 36.4 Å². The van der Waals surface area contributed by atoms with Gasteiger partial charge in [-0.25, -0.2) is 4.98 Å². The van der Waals surface area contributed by atoms with Gasteiger partial charge in [-0.2, -0.15) is 0 Å². The van der Waals surface area contributed by atoms with Crippen molar-refractivity contribution >= 4 is 10.9 Å². The molecule has 0 fully saturated rings. The lowest BCUT2D eigenvalue weighted by Crippen LogP contribution is -3.09. The molecular formula is C22H30N4O2+2. The lowest BCUT2D eigenvalue weighted by atomic mass is 10.1. The van der Waals surface area contributed by atoms with Gasteiger partial charge in [0.2, 0.25) is 0 Å². The average molecular weight is 383 g/mol. The number of aromatic nitrogens is 2. The zero-order valence-corrected chi connectivity index (χ0v) is 17.1. The fourth-order valence-corrected chi connectivity index (χ4v) is 3.41. The summed E-state index contributed by atoms with van der Waals surface area (Å²) in [6.07, 6.45) is 0.893. The summed E-state index contributed by atoms with van der Waals surface area (Å²) in [7, 11) is 5.94. The molecule has 0 saturated heterocycles. The van der Waals surface area contributed by atoms with Crippen LogP contribution in [0.2, 0.25) is 0 Å². The molecule has 6 heteroatoms. The number of quaternary nitrogens is 2. The van der Waals surface area contributed by atoms with E-state index in [1.807, 2.05) is 48.5 Å². The summed E-state index contributed by atoms with van der Waals surface area (Å²) in [4.78, 5) is 19.7. The summed E-state index contributed by atoms with van der Waals surface area (Å²) in [5.74, 6) is 1.56. The van der Waals surface area contributed by atoms with Crippen LogP contribution in [0.25, 0.3) is 16.6 Å². The highest BCUT2D eigenvalue weighted by atomic mass is 16.5. The molecule has 0 amide bonds. The van der Waals surface area contributed by atoms with Crippen LogP contribution < -0.4 is 20.5 Å². The molecule has 0 aliphatic carbocycles. The highest BCUT2D eigenvalue weighted by Gasteiger charge is 2.22. The lowest BCUT2D eigenvalue weighted by molar-refractivity contribution is -0.877. The van der Waals surface area contributed by atoms with E-state index >= 15 is 0 Å². The Morgan fingerprint density at radius 3 is 2.50 bits per heavy atom. The first-order valence-corrected chi connectivity index (χ1v) is 9.83. The topological polar surface area (TPSA) is 65.2 Å². The van der Waals surface area contributed by atoms with Gasteiger partial charge in [0.05, 0.1) is 37.8 Å². The smallest absolute Gasteiger partial charge is 0.266 e. The van der Waals surface area contributed by atoms with Gasteiger partial charge in [0.25, 0.3) is 5.56 Å². The fraction of sp³-hybridized carbons (Fsp3) is 0.364. The molecule has 1 aromatic heterocycles. The van der Waals surface area contributed by atoms with Gasteiger partial charge in [-0.3, -0.25) is 9.36 Å². The molecule has 6 nitrogen and oxygen atoms in total. The third-order valence-corrected chi connectivity index (χ3v) is 5.00. The van der Waals surface area contributed by atoms with E-state index in [1.54, 1.807) is 11.7 Å². The van der Waals surface area contributed by atoms with Gasteiger partial charge in [-0.15, -0.1) is 0 Å². The van der Waals surface area contributed by atoms with E-state index < -0.39 is 0 Å². The molecule has 3 N–H and O–H groups in total. The van der Waals surface area contributed by atoms with Crippen molar-refractivity contribution in [3.8, 4) is 11.4 Å². The molecule has 0 aliphatic heterocycles. The van der Waals surface area contributed by atoms with Crippen LogP contribution in [0.4, 0.5) is 0 Å². The van der Waals surface area contributed by atoms with Gasteiger partial charge in [0.1, 0.15) is 24.9 Å². The number of likely N-dealkylation sites (N-methyl/N-ethyl adjacent to an activating group) is 1. The van der Waals surface area contributed by atoms with Crippen LogP contribution in [0.15, 0.2) is 53.3 Å². The van der Waals surface area contributed by atoms with Crippen LogP contribution in [-0.4, -0.2) is 43.8 Å². The molecule has 148 valence electrons. The number of methoxy groups -OCH3 is 1. The van der Waals surface area contributed by atoms with E-state index in [9.17, 15) is 4.79 Å². The van der Waals surface area contributed by atoms with Gasteiger partial charge in [0.15, 0.2) is 5.82 Å². The zero-order valence-electron chi connectivity index (χ0n) is 17.1. The van der Waals surface area contributed by atoms with E-state index in [0.717, 1.165) is 42.3 Å². The standard InChI is InChI=1S/C22H28N4O2/c1-5-19(23-14-15-25(2)3)21-24-20-9-7-6-8-18(20)22(27)26(21)16-10-12-17(28-4)13-11-16/h6-13,19,23H,5,14-15H2,1-4H3/p+2/t19-/m0/s1. The minimum Gasteiger partial charge on any atom is -0.497 e. The van der Waals surface area contributed by atoms with Crippen molar-refractivity contribution in [3.63, 3.8) is 0 Å². The summed E-state index contributed by atoms with van der Waals surface area (Å²) >= 11 is 0. The predicted octanol–water partition coefficient (Wildman–Crippen LogP) is 0.553. The number of nitrogens with one attached hydrogen (secondary N) is 1.